The van der Waals surface area contributed by atoms with Crippen molar-refractivity contribution in [2.75, 3.05) is 25.1 Å². The van der Waals surface area contributed by atoms with E-state index in [1.165, 1.54) is 12.1 Å². The number of halogens is 1. The van der Waals surface area contributed by atoms with Crippen LogP contribution < -0.4 is 10.6 Å². The van der Waals surface area contributed by atoms with Crippen LogP contribution in [0.5, 0.6) is 0 Å². The molecule has 0 aliphatic heterocycles. The molecule has 1 unspecified atom stereocenters. The molecule has 0 heterocycles. The van der Waals surface area contributed by atoms with E-state index in [-0.39, 0.29) is 18.2 Å². The van der Waals surface area contributed by atoms with Crippen LogP contribution in [-0.2, 0) is 4.74 Å². The highest BCUT2D eigenvalue weighted by molar-refractivity contribution is 6.32. The Hall–Kier alpha value is -1.81. The molecule has 0 saturated heterocycles. The molecule has 0 fully saturated rings. The van der Waals surface area contributed by atoms with Crippen molar-refractivity contribution >= 4 is 23.3 Å². The predicted molar refractivity (Wildman–Crippen MR) is 84.9 cm³/mol. The van der Waals surface area contributed by atoms with Crippen molar-refractivity contribution in [2.45, 2.75) is 20.0 Å². The molecule has 1 atom stereocenters. The van der Waals surface area contributed by atoms with Crippen molar-refractivity contribution in [3.63, 3.8) is 0 Å². The third-order valence-corrected chi connectivity index (χ3v) is 2.92. The SMILES string of the molecule is CC(C)COCC(O)CNC(=O)Nc1ccc(C#N)c(Cl)c1. The van der Waals surface area contributed by atoms with E-state index in [1.54, 1.807) is 6.07 Å². The molecule has 120 valence electrons. The molecule has 7 heteroatoms. The van der Waals surface area contributed by atoms with Gasteiger partial charge in [-0.2, -0.15) is 5.26 Å². The minimum atomic E-state index is -0.769. The minimum Gasteiger partial charge on any atom is -0.389 e. The summed E-state index contributed by atoms with van der Waals surface area (Å²) in [6.45, 7) is 4.84. The summed E-state index contributed by atoms with van der Waals surface area (Å²) < 4.78 is 5.28. The van der Waals surface area contributed by atoms with Gasteiger partial charge in [0.15, 0.2) is 0 Å². The van der Waals surface area contributed by atoms with Crippen molar-refractivity contribution in [3.05, 3.63) is 28.8 Å². The molecule has 0 bridgehead atoms. The lowest BCUT2D eigenvalue weighted by atomic mass is 10.2. The van der Waals surface area contributed by atoms with E-state index >= 15 is 0 Å². The monoisotopic (exact) mass is 325 g/mol. The fraction of sp³-hybridized carbons (Fsp3) is 0.467. The van der Waals surface area contributed by atoms with Gasteiger partial charge in [-0.05, 0) is 24.1 Å². The highest BCUT2D eigenvalue weighted by atomic mass is 35.5. The fourth-order valence-electron chi connectivity index (χ4n) is 1.57. The van der Waals surface area contributed by atoms with E-state index in [0.29, 0.717) is 23.8 Å². The summed E-state index contributed by atoms with van der Waals surface area (Å²) in [7, 11) is 0. The first-order valence-corrected chi connectivity index (χ1v) is 7.30. The summed E-state index contributed by atoms with van der Waals surface area (Å²) in [5.41, 5.74) is 0.803. The first kappa shape index (κ1) is 18.2. The number of nitrogens with one attached hydrogen (secondary N) is 2. The molecule has 0 saturated carbocycles. The van der Waals surface area contributed by atoms with Gasteiger partial charge in [0.1, 0.15) is 6.07 Å². The molecular formula is C15H20ClN3O3. The Balaban J connectivity index is 2.34. The highest BCUT2D eigenvalue weighted by Gasteiger charge is 2.09. The zero-order chi connectivity index (χ0) is 16.5. The van der Waals surface area contributed by atoms with Gasteiger partial charge in [-0.1, -0.05) is 25.4 Å². The van der Waals surface area contributed by atoms with Gasteiger partial charge in [-0.3, -0.25) is 0 Å². The Morgan fingerprint density at radius 2 is 2.18 bits per heavy atom. The van der Waals surface area contributed by atoms with E-state index < -0.39 is 12.1 Å². The summed E-state index contributed by atoms with van der Waals surface area (Å²) in [6.07, 6.45) is -0.769. The van der Waals surface area contributed by atoms with Crippen molar-refractivity contribution in [1.29, 1.82) is 5.26 Å². The number of hydrogen-bond donors (Lipinski definition) is 3. The van der Waals surface area contributed by atoms with Gasteiger partial charge in [0.25, 0.3) is 0 Å². The Kier molecular flexibility index (Phi) is 7.67. The zero-order valence-electron chi connectivity index (χ0n) is 12.6. The highest BCUT2D eigenvalue weighted by Crippen LogP contribution is 2.19. The van der Waals surface area contributed by atoms with Crippen LogP contribution in [0.4, 0.5) is 10.5 Å². The molecule has 1 aromatic carbocycles. The predicted octanol–water partition coefficient (Wildman–Crippen LogP) is 2.37. The molecule has 6 nitrogen and oxygen atoms in total. The normalized spacial score (nSPS) is 11.8. The number of nitriles is 1. The minimum absolute atomic E-state index is 0.0773. The van der Waals surface area contributed by atoms with Gasteiger partial charge in [0.05, 0.1) is 23.3 Å². The van der Waals surface area contributed by atoms with E-state index in [9.17, 15) is 9.90 Å². The lowest BCUT2D eigenvalue weighted by molar-refractivity contribution is 0.0274. The first-order chi connectivity index (χ1) is 10.4. The van der Waals surface area contributed by atoms with E-state index in [0.717, 1.165) is 0 Å². The molecule has 22 heavy (non-hydrogen) atoms. The van der Waals surface area contributed by atoms with Crippen LogP contribution in [0.25, 0.3) is 0 Å². The molecule has 0 aromatic heterocycles. The van der Waals surface area contributed by atoms with Crippen molar-refractivity contribution < 1.29 is 14.6 Å². The van der Waals surface area contributed by atoms with E-state index in [1.807, 2.05) is 19.9 Å². The molecule has 1 aromatic rings. The average molecular weight is 326 g/mol. The van der Waals surface area contributed by atoms with Crippen molar-refractivity contribution in [3.8, 4) is 6.07 Å². The molecule has 3 N–H and O–H groups in total. The maximum atomic E-state index is 11.7. The number of carbonyl (C=O) groups excluding carboxylic acids is 1. The Morgan fingerprint density at radius 1 is 1.45 bits per heavy atom. The smallest absolute Gasteiger partial charge is 0.319 e. The number of benzene rings is 1. The average Bonchev–Trinajstić information content (AvgIpc) is 2.45. The van der Waals surface area contributed by atoms with E-state index in [4.69, 9.17) is 21.6 Å². The second-order valence-corrected chi connectivity index (χ2v) is 5.63. The number of ether oxygens (including phenoxy) is 1. The lowest BCUT2D eigenvalue weighted by Gasteiger charge is -2.14. The summed E-state index contributed by atoms with van der Waals surface area (Å²) in [5.74, 6) is 0.393. The zero-order valence-corrected chi connectivity index (χ0v) is 13.4. The van der Waals surface area contributed by atoms with Crippen LogP contribution in [0.3, 0.4) is 0 Å². The van der Waals surface area contributed by atoms with Gasteiger partial charge in [0.2, 0.25) is 0 Å². The van der Waals surface area contributed by atoms with Gasteiger partial charge < -0.3 is 20.5 Å². The third-order valence-electron chi connectivity index (χ3n) is 2.61. The van der Waals surface area contributed by atoms with Crippen LogP contribution in [0.1, 0.15) is 19.4 Å². The van der Waals surface area contributed by atoms with Gasteiger partial charge in [-0.15, -0.1) is 0 Å². The second kappa shape index (κ2) is 9.26. The molecule has 0 spiro atoms. The summed E-state index contributed by atoms with van der Waals surface area (Å²) in [5, 5.41) is 23.8. The van der Waals surface area contributed by atoms with Gasteiger partial charge in [0, 0.05) is 18.8 Å². The number of hydrogen-bond acceptors (Lipinski definition) is 4. The molecular weight excluding hydrogens is 306 g/mol. The van der Waals surface area contributed by atoms with Gasteiger partial charge in [-0.25, -0.2) is 4.79 Å². The van der Waals surface area contributed by atoms with Crippen LogP contribution in [0.15, 0.2) is 18.2 Å². The number of carbonyl (C=O) groups is 1. The Labute approximate surface area is 135 Å². The first-order valence-electron chi connectivity index (χ1n) is 6.92. The van der Waals surface area contributed by atoms with Gasteiger partial charge >= 0.3 is 6.03 Å². The quantitative estimate of drug-likeness (QED) is 0.717. The standard InChI is InChI=1S/C15H20ClN3O3/c1-10(2)8-22-9-13(20)7-18-15(21)19-12-4-3-11(6-17)14(16)5-12/h3-5,10,13,20H,7-9H2,1-2H3,(H2,18,19,21). The molecule has 0 radical (unpaired) electrons. The third kappa shape index (κ3) is 6.76. The van der Waals surface area contributed by atoms with Crippen molar-refractivity contribution in [1.82, 2.24) is 5.32 Å². The molecule has 1 rings (SSSR count). The fourth-order valence-corrected chi connectivity index (χ4v) is 1.79. The molecule has 0 aliphatic carbocycles. The number of amides is 2. The number of aliphatic hydroxyl groups is 1. The lowest BCUT2D eigenvalue weighted by Crippen LogP contribution is -2.37. The van der Waals surface area contributed by atoms with Crippen LogP contribution in [-0.4, -0.2) is 37.0 Å². The van der Waals surface area contributed by atoms with Crippen LogP contribution >= 0.6 is 11.6 Å². The van der Waals surface area contributed by atoms with Crippen LogP contribution in [0, 0.1) is 17.2 Å². The van der Waals surface area contributed by atoms with Crippen LogP contribution in [0.2, 0.25) is 5.02 Å². The summed E-state index contributed by atoms with van der Waals surface area (Å²) in [6, 6.07) is 6.05. The maximum Gasteiger partial charge on any atom is 0.319 e. The second-order valence-electron chi connectivity index (χ2n) is 5.23. The molecule has 0 aliphatic rings. The summed E-state index contributed by atoms with van der Waals surface area (Å²) in [4.78, 5) is 11.7. The number of rotatable bonds is 7. The van der Waals surface area contributed by atoms with E-state index in [2.05, 4.69) is 10.6 Å². The number of aliphatic hydroxyl groups excluding tert-OH is 1. The number of nitrogens with zero attached hydrogens (tertiary/aromatic N) is 1. The Bertz CT molecular complexity index is 543. The largest absolute Gasteiger partial charge is 0.389 e. The van der Waals surface area contributed by atoms with Crippen molar-refractivity contribution in [2.24, 2.45) is 5.92 Å². The molecule has 2 amide bonds. The number of anilines is 1. The summed E-state index contributed by atoms with van der Waals surface area (Å²) >= 11 is 5.87. The maximum absolute atomic E-state index is 11.7. The topological polar surface area (TPSA) is 94.4 Å². The Morgan fingerprint density at radius 3 is 2.77 bits per heavy atom. The number of urea groups is 1.